The van der Waals surface area contributed by atoms with Crippen LogP contribution in [0.25, 0.3) is 0 Å². The van der Waals surface area contributed by atoms with Crippen molar-refractivity contribution in [1.29, 1.82) is 5.41 Å². The molecule has 2 aromatic rings. The predicted octanol–water partition coefficient (Wildman–Crippen LogP) is 2.15. The number of rotatable bonds is 14. The summed E-state index contributed by atoms with van der Waals surface area (Å²) < 4.78 is 31.9. The third-order valence-corrected chi connectivity index (χ3v) is 8.21. The summed E-state index contributed by atoms with van der Waals surface area (Å²) in [5, 5.41) is 34.3. The van der Waals surface area contributed by atoms with Crippen LogP contribution in [0.3, 0.4) is 0 Å². The number of likely N-dealkylation sites (tertiary alicyclic amines) is 1. The van der Waals surface area contributed by atoms with Gasteiger partial charge in [0.2, 0.25) is 12.3 Å². The van der Waals surface area contributed by atoms with Gasteiger partial charge in [0, 0.05) is 30.9 Å². The number of fused-ring (bicyclic) bond motifs is 1. The van der Waals surface area contributed by atoms with Gasteiger partial charge in [0.25, 0.3) is 5.91 Å². The number of thiophene rings is 1. The molecule has 4 atom stereocenters. The van der Waals surface area contributed by atoms with Crippen LogP contribution in [0.15, 0.2) is 23.3 Å². The predicted molar refractivity (Wildman–Crippen MR) is 155 cm³/mol. The molecule has 2 unspecified atom stereocenters. The average Bonchev–Trinajstić information content (AvgIpc) is 3.47. The molecule has 42 heavy (non-hydrogen) atoms. The van der Waals surface area contributed by atoms with E-state index < -0.39 is 42.9 Å². The molecular formula is C27H35FN6O7S. The van der Waals surface area contributed by atoms with Gasteiger partial charge in [-0.15, -0.1) is 0 Å². The molecule has 0 bridgehead atoms. The second-order valence-electron chi connectivity index (χ2n) is 9.79. The number of hydrogen-bond acceptors (Lipinski definition) is 12. The Morgan fingerprint density at radius 1 is 1.38 bits per heavy atom. The highest BCUT2D eigenvalue weighted by Gasteiger charge is 2.46. The van der Waals surface area contributed by atoms with Crippen molar-refractivity contribution in [2.75, 3.05) is 51.3 Å². The summed E-state index contributed by atoms with van der Waals surface area (Å²) in [6, 6.07) is 3.19. The summed E-state index contributed by atoms with van der Waals surface area (Å²) in [5.41, 5.74) is 4.20. The van der Waals surface area contributed by atoms with Crippen LogP contribution in [0.1, 0.15) is 40.4 Å². The van der Waals surface area contributed by atoms with E-state index in [9.17, 15) is 24.2 Å². The number of carbonyl (C=O) groups is 2. The molecule has 3 heterocycles. The van der Waals surface area contributed by atoms with Gasteiger partial charge >= 0.3 is 0 Å². The zero-order valence-electron chi connectivity index (χ0n) is 23.5. The SMILES string of the molecule is COc1ccc(F)cc1[C@H](COC1Nc2sc(N/N=C\C=N)c(C)c2C(=O)N1[C@H]1CCN(C)C1=O)OCCC(O)CO. The second-order valence-corrected chi connectivity index (χ2v) is 10.8. The molecule has 13 nitrogen and oxygen atoms in total. The van der Waals surface area contributed by atoms with E-state index in [2.05, 4.69) is 15.8 Å². The van der Waals surface area contributed by atoms with E-state index in [1.54, 1.807) is 18.9 Å². The lowest BCUT2D eigenvalue weighted by Crippen LogP contribution is -2.57. The summed E-state index contributed by atoms with van der Waals surface area (Å²) in [5.74, 6) is -0.790. The maximum Gasteiger partial charge on any atom is 0.261 e. The molecule has 2 aliphatic heterocycles. The molecule has 0 aliphatic carbocycles. The number of aliphatic hydroxyl groups excluding tert-OH is 2. The highest BCUT2D eigenvalue weighted by molar-refractivity contribution is 7.20. The number of anilines is 2. The average molecular weight is 607 g/mol. The van der Waals surface area contributed by atoms with Crippen LogP contribution in [0.2, 0.25) is 0 Å². The lowest BCUT2D eigenvalue weighted by Gasteiger charge is -2.39. The first-order valence-corrected chi connectivity index (χ1v) is 14.1. The van der Waals surface area contributed by atoms with Gasteiger partial charge in [-0.25, -0.2) is 4.39 Å². The zero-order valence-corrected chi connectivity index (χ0v) is 24.3. The number of hydrazone groups is 1. The maximum absolute atomic E-state index is 14.3. The number of likely N-dealkylation sites (N-methyl/N-ethyl adjacent to an activating group) is 1. The second kappa shape index (κ2) is 14.0. The lowest BCUT2D eigenvalue weighted by molar-refractivity contribution is -0.136. The Kier molecular flexibility index (Phi) is 10.5. The van der Waals surface area contributed by atoms with Gasteiger partial charge in [-0.3, -0.25) is 19.9 Å². The van der Waals surface area contributed by atoms with Gasteiger partial charge in [0.15, 0.2) is 0 Å². The van der Waals surface area contributed by atoms with Crippen molar-refractivity contribution in [2.45, 2.75) is 44.4 Å². The van der Waals surface area contributed by atoms with Crippen molar-refractivity contribution in [3.8, 4) is 5.75 Å². The van der Waals surface area contributed by atoms with Crippen molar-refractivity contribution >= 4 is 45.6 Å². The molecule has 1 aromatic heterocycles. The van der Waals surface area contributed by atoms with Crippen molar-refractivity contribution in [2.24, 2.45) is 5.10 Å². The number of nitrogens with zero attached hydrogens (tertiary/aromatic N) is 3. The van der Waals surface area contributed by atoms with Gasteiger partial charge in [0.05, 0.1) is 44.8 Å². The summed E-state index contributed by atoms with van der Waals surface area (Å²) in [4.78, 5) is 30.0. The molecule has 15 heteroatoms. The minimum absolute atomic E-state index is 0.0155. The Labute approximate surface area is 246 Å². The van der Waals surface area contributed by atoms with Crippen LogP contribution in [0, 0.1) is 18.2 Å². The smallest absolute Gasteiger partial charge is 0.261 e. The molecule has 1 saturated heterocycles. The molecular weight excluding hydrogens is 571 g/mol. The Hall–Kier alpha value is -3.63. The standard InChI is InChI=1S/C27H35FN6O7S/c1-15-22-24(42-23(15)32-30-9-8-29)31-27(34(26(22)38)19-6-10-33(2)25(19)37)41-14-21(40-11-7-17(36)13-35)18-12-16(28)4-5-20(18)39-3/h4-5,8-9,12,17,19,21,27,29,31-32,35-36H,6-7,10-11,13-14H2,1-3H3/b29-8?,30-9-/t17?,19-,21-,27?/m0/s1. The summed E-state index contributed by atoms with van der Waals surface area (Å²) in [6.45, 7) is 1.64. The van der Waals surface area contributed by atoms with Gasteiger partial charge in [-0.1, -0.05) is 11.3 Å². The maximum atomic E-state index is 14.3. The van der Waals surface area contributed by atoms with E-state index in [1.165, 1.54) is 47.8 Å². The van der Waals surface area contributed by atoms with Crippen molar-refractivity contribution < 1.29 is 38.4 Å². The fourth-order valence-electron chi connectivity index (χ4n) is 4.82. The monoisotopic (exact) mass is 606 g/mol. The molecule has 228 valence electrons. The van der Waals surface area contributed by atoms with Crippen molar-refractivity contribution in [3.63, 3.8) is 0 Å². The number of halogens is 1. The van der Waals surface area contributed by atoms with E-state index in [-0.39, 0.29) is 25.5 Å². The normalized spacial score (nSPS) is 20.0. The number of ether oxygens (including phenoxy) is 3. The number of amides is 2. The van der Waals surface area contributed by atoms with E-state index in [1.807, 2.05) is 0 Å². The Bertz CT molecular complexity index is 1320. The fraction of sp³-hybridized carbons (Fsp3) is 0.481. The van der Waals surface area contributed by atoms with Crippen LogP contribution in [-0.2, 0) is 14.3 Å². The number of methoxy groups -OCH3 is 1. The number of benzene rings is 1. The van der Waals surface area contributed by atoms with Crippen LogP contribution < -0.4 is 15.5 Å². The molecule has 5 N–H and O–H groups in total. The minimum Gasteiger partial charge on any atom is -0.496 e. The van der Waals surface area contributed by atoms with E-state index in [0.717, 1.165) is 6.21 Å². The third kappa shape index (κ3) is 6.71. The van der Waals surface area contributed by atoms with Crippen LogP contribution in [0.5, 0.6) is 5.75 Å². The Morgan fingerprint density at radius 3 is 2.83 bits per heavy atom. The van der Waals surface area contributed by atoms with Gasteiger partial charge in [-0.05, 0) is 38.0 Å². The molecule has 1 aromatic carbocycles. The largest absolute Gasteiger partial charge is 0.496 e. The lowest BCUT2D eigenvalue weighted by atomic mass is 10.1. The first-order valence-electron chi connectivity index (χ1n) is 13.3. The highest BCUT2D eigenvalue weighted by Crippen LogP contribution is 2.42. The van der Waals surface area contributed by atoms with Crippen LogP contribution in [-0.4, -0.2) is 103 Å². The quantitative estimate of drug-likeness (QED) is 0.160. The summed E-state index contributed by atoms with van der Waals surface area (Å²) in [6.07, 6.45) is -0.147. The van der Waals surface area contributed by atoms with Gasteiger partial charge in [0.1, 0.15) is 33.7 Å². The molecule has 2 amide bonds. The molecule has 0 radical (unpaired) electrons. The minimum atomic E-state index is -1.07. The zero-order chi connectivity index (χ0) is 30.4. The highest BCUT2D eigenvalue weighted by atomic mass is 32.1. The van der Waals surface area contributed by atoms with Crippen molar-refractivity contribution in [3.05, 3.63) is 40.7 Å². The molecule has 2 aliphatic rings. The summed E-state index contributed by atoms with van der Waals surface area (Å²) in [7, 11) is 3.11. The number of hydrogen-bond donors (Lipinski definition) is 5. The Morgan fingerprint density at radius 2 is 2.17 bits per heavy atom. The topological polar surface area (TPSA) is 169 Å². The molecule has 0 saturated carbocycles. The van der Waals surface area contributed by atoms with E-state index in [4.69, 9.17) is 19.6 Å². The molecule has 0 spiro atoms. The summed E-state index contributed by atoms with van der Waals surface area (Å²) >= 11 is 1.24. The first kappa shape index (κ1) is 31.3. The molecule has 1 fully saturated rings. The number of aliphatic hydroxyl groups is 2. The molecule has 4 rings (SSSR count). The van der Waals surface area contributed by atoms with Crippen LogP contribution >= 0.6 is 11.3 Å². The first-order chi connectivity index (χ1) is 20.2. The van der Waals surface area contributed by atoms with Crippen molar-refractivity contribution in [1.82, 2.24) is 9.80 Å². The fourth-order valence-corrected chi connectivity index (χ4v) is 5.88. The number of nitrogens with one attached hydrogen (secondary N) is 3. The van der Waals surface area contributed by atoms with Gasteiger partial charge < -0.3 is 40.0 Å². The third-order valence-electron chi connectivity index (χ3n) is 7.08. The Balaban J connectivity index is 1.64. The van der Waals surface area contributed by atoms with Crippen LogP contribution in [0.4, 0.5) is 14.4 Å². The van der Waals surface area contributed by atoms with E-state index >= 15 is 0 Å². The van der Waals surface area contributed by atoms with Gasteiger partial charge in [-0.2, -0.15) is 5.10 Å². The number of carbonyl (C=O) groups excluding carboxylic acids is 2. The van der Waals surface area contributed by atoms with E-state index in [0.29, 0.717) is 45.4 Å².